The summed E-state index contributed by atoms with van der Waals surface area (Å²) >= 11 is 2.00. The Hall–Kier alpha value is -0.470. The molecule has 1 aliphatic carbocycles. The predicted molar refractivity (Wildman–Crippen MR) is 62.7 cm³/mol. The molecule has 0 radical (unpaired) electrons. The summed E-state index contributed by atoms with van der Waals surface area (Å²) in [5.41, 5.74) is 1.36. The molecule has 2 heteroatoms. The van der Waals surface area contributed by atoms with Crippen LogP contribution in [0.4, 0.5) is 0 Å². The van der Waals surface area contributed by atoms with E-state index in [-0.39, 0.29) is 0 Å². The Balaban J connectivity index is 1.84. The molecule has 0 heterocycles. The molecule has 0 bridgehead atoms. The van der Waals surface area contributed by atoms with E-state index >= 15 is 0 Å². The lowest BCUT2D eigenvalue weighted by molar-refractivity contribution is 0.817. The predicted octanol–water partition coefficient (Wildman–Crippen LogP) is 2.91. The normalized spacial score (nSPS) is 15.8. The fraction of sp³-hybridized carbons (Fsp3) is 0.500. The molecule has 0 atom stereocenters. The van der Waals surface area contributed by atoms with Gasteiger partial charge in [-0.05, 0) is 43.5 Å². The molecule has 14 heavy (non-hydrogen) atoms. The Morgan fingerprint density at radius 2 is 2.00 bits per heavy atom. The third-order valence-corrected chi connectivity index (χ3v) is 3.73. The Bertz CT molecular complexity index is 277. The molecule has 1 saturated carbocycles. The first-order valence-electron chi connectivity index (χ1n) is 5.25. The summed E-state index contributed by atoms with van der Waals surface area (Å²) in [6.07, 6.45) is 2.90. The van der Waals surface area contributed by atoms with Crippen LogP contribution in [0.3, 0.4) is 0 Å². The summed E-state index contributed by atoms with van der Waals surface area (Å²) in [6.45, 7) is 0.966. The van der Waals surface area contributed by atoms with Gasteiger partial charge < -0.3 is 5.32 Å². The molecule has 1 fully saturated rings. The second-order valence-corrected chi connectivity index (χ2v) is 5.02. The molecule has 1 aliphatic rings. The van der Waals surface area contributed by atoms with Gasteiger partial charge in [-0.25, -0.2) is 0 Å². The molecule has 0 spiro atoms. The van der Waals surface area contributed by atoms with Crippen molar-refractivity contribution < 1.29 is 0 Å². The molecule has 0 aliphatic heterocycles. The van der Waals surface area contributed by atoms with Gasteiger partial charge in [-0.3, -0.25) is 0 Å². The lowest BCUT2D eigenvalue weighted by Gasteiger charge is -2.02. The first kappa shape index (κ1) is 10.1. The molecular formula is C12H17NS. The summed E-state index contributed by atoms with van der Waals surface area (Å²) < 4.78 is 0. The van der Waals surface area contributed by atoms with E-state index in [1.54, 1.807) is 0 Å². The van der Waals surface area contributed by atoms with E-state index < -0.39 is 0 Å². The minimum absolute atomic E-state index is 0.966. The van der Waals surface area contributed by atoms with Crippen molar-refractivity contribution in [1.82, 2.24) is 5.32 Å². The topological polar surface area (TPSA) is 12.0 Å². The zero-order valence-electron chi connectivity index (χ0n) is 8.62. The van der Waals surface area contributed by atoms with Crippen molar-refractivity contribution >= 4 is 11.8 Å². The standard InChI is InChI=1S/C12H17NS/c1-13-8-10-4-6-12(7-5-10)14-9-11-2-3-11/h4-7,11,13H,2-3,8-9H2,1H3. The van der Waals surface area contributed by atoms with Crippen LogP contribution in [0.2, 0.25) is 0 Å². The first-order valence-corrected chi connectivity index (χ1v) is 6.23. The highest BCUT2D eigenvalue weighted by Crippen LogP contribution is 2.34. The number of hydrogen-bond acceptors (Lipinski definition) is 2. The molecule has 0 saturated heterocycles. The molecule has 76 valence electrons. The van der Waals surface area contributed by atoms with Crippen molar-refractivity contribution in [3.8, 4) is 0 Å². The van der Waals surface area contributed by atoms with Crippen LogP contribution in [-0.2, 0) is 6.54 Å². The molecule has 0 amide bonds. The van der Waals surface area contributed by atoms with Gasteiger partial charge in [0.25, 0.3) is 0 Å². The Labute approximate surface area is 90.3 Å². The monoisotopic (exact) mass is 207 g/mol. The van der Waals surface area contributed by atoms with Gasteiger partial charge >= 0.3 is 0 Å². The third kappa shape index (κ3) is 3.03. The van der Waals surface area contributed by atoms with Crippen LogP contribution in [0.25, 0.3) is 0 Å². The number of hydrogen-bond donors (Lipinski definition) is 1. The van der Waals surface area contributed by atoms with Crippen molar-refractivity contribution in [3.05, 3.63) is 29.8 Å². The van der Waals surface area contributed by atoms with Crippen LogP contribution in [0.15, 0.2) is 29.2 Å². The van der Waals surface area contributed by atoms with E-state index in [1.807, 2.05) is 18.8 Å². The summed E-state index contributed by atoms with van der Waals surface area (Å²) in [4.78, 5) is 1.41. The van der Waals surface area contributed by atoms with Gasteiger partial charge in [-0.2, -0.15) is 0 Å². The molecule has 1 aromatic carbocycles. The van der Waals surface area contributed by atoms with E-state index in [0.717, 1.165) is 12.5 Å². The van der Waals surface area contributed by atoms with Gasteiger partial charge in [0.15, 0.2) is 0 Å². The fourth-order valence-electron chi connectivity index (χ4n) is 1.41. The number of nitrogens with one attached hydrogen (secondary N) is 1. The summed E-state index contributed by atoms with van der Waals surface area (Å²) in [5, 5.41) is 3.16. The summed E-state index contributed by atoms with van der Waals surface area (Å²) in [5.74, 6) is 2.32. The summed E-state index contributed by atoms with van der Waals surface area (Å²) in [7, 11) is 1.98. The third-order valence-electron chi connectivity index (χ3n) is 2.49. The lowest BCUT2D eigenvalue weighted by Crippen LogP contribution is -2.04. The molecule has 0 aromatic heterocycles. The van der Waals surface area contributed by atoms with Crippen LogP contribution in [0.5, 0.6) is 0 Å². The lowest BCUT2D eigenvalue weighted by atomic mass is 10.2. The Morgan fingerprint density at radius 3 is 2.57 bits per heavy atom. The van der Waals surface area contributed by atoms with Gasteiger partial charge in [0.05, 0.1) is 0 Å². The quantitative estimate of drug-likeness (QED) is 0.745. The highest BCUT2D eigenvalue weighted by Gasteiger charge is 2.20. The van der Waals surface area contributed by atoms with Crippen molar-refractivity contribution in [3.63, 3.8) is 0 Å². The Kier molecular flexibility index (Phi) is 3.49. The van der Waals surface area contributed by atoms with Crippen molar-refractivity contribution in [2.75, 3.05) is 12.8 Å². The van der Waals surface area contributed by atoms with E-state index in [2.05, 4.69) is 29.6 Å². The van der Waals surface area contributed by atoms with Crippen LogP contribution >= 0.6 is 11.8 Å². The maximum atomic E-state index is 3.16. The number of thioether (sulfide) groups is 1. The molecule has 1 nitrogen and oxygen atoms in total. The number of rotatable bonds is 5. The smallest absolute Gasteiger partial charge is 0.0202 e. The van der Waals surface area contributed by atoms with Crippen LogP contribution < -0.4 is 5.32 Å². The molecular weight excluding hydrogens is 190 g/mol. The van der Waals surface area contributed by atoms with E-state index in [0.29, 0.717) is 0 Å². The number of benzene rings is 1. The SMILES string of the molecule is CNCc1ccc(SCC2CC2)cc1. The molecule has 0 unspecified atom stereocenters. The van der Waals surface area contributed by atoms with Gasteiger partial charge in [-0.1, -0.05) is 12.1 Å². The van der Waals surface area contributed by atoms with Gasteiger partial charge in [-0.15, -0.1) is 11.8 Å². The Morgan fingerprint density at radius 1 is 1.29 bits per heavy atom. The fourth-order valence-corrected chi connectivity index (χ4v) is 2.50. The van der Waals surface area contributed by atoms with Crippen LogP contribution in [-0.4, -0.2) is 12.8 Å². The van der Waals surface area contributed by atoms with Gasteiger partial charge in [0.2, 0.25) is 0 Å². The van der Waals surface area contributed by atoms with Crippen LogP contribution in [0.1, 0.15) is 18.4 Å². The largest absolute Gasteiger partial charge is 0.316 e. The van der Waals surface area contributed by atoms with E-state index in [4.69, 9.17) is 0 Å². The highest BCUT2D eigenvalue weighted by molar-refractivity contribution is 7.99. The van der Waals surface area contributed by atoms with Gasteiger partial charge in [0, 0.05) is 17.2 Å². The zero-order chi connectivity index (χ0) is 9.80. The average molecular weight is 207 g/mol. The zero-order valence-corrected chi connectivity index (χ0v) is 9.44. The van der Waals surface area contributed by atoms with Crippen LogP contribution in [0, 0.1) is 5.92 Å². The van der Waals surface area contributed by atoms with Crippen molar-refractivity contribution in [1.29, 1.82) is 0 Å². The maximum absolute atomic E-state index is 3.16. The van der Waals surface area contributed by atoms with Crippen molar-refractivity contribution in [2.24, 2.45) is 5.92 Å². The summed E-state index contributed by atoms with van der Waals surface area (Å²) in [6, 6.07) is 8.90. The minimum Gasteiger partial charge on any atom is -0.316 e. The second-order valence-electron chi connectivity index (χ2n) is 3.93. The average Bonchev–Trinajstić information content (AvgIpc) is 3.01. The van der Waals surface area contributed by atoms with E-state index in [9.17, 15) is 0 Å². The minimum atomic E-state index is 0.966. The highest BCUT2D eigenvalue weighted by atomic mass is 32.2. The van der Waals surface area contributed by atoms with E-state index in [1.165, 1.54) is 29.1 Å². The second kappa shape index (κ2) is 4.85. The first-order chi connectivity index (χ1) is 6.88. The molecule has 2 rings (SSSR count). The van der Waals surface area contributed by atoms with Gasteiger partial charge in [0.1, 0.15) is 0 Å². The molecule has 1 N–H and O–H groups in total. The van der Waals surface area contributed by atoms with Crippen molar-refractivity contribution in [2.45, 2.75) is 24.3 Å². The molecule has 1 aromatic rings. The maximum Gasteiger partial charge on any atom is 0.0202 e.